The van der Waals surface area contributed by atoms with Crippen molar-refractivity contribution in [2.45, 2.75) is 24.2 Å². The average Bonchev–Trinajstić information content (AvgIpc) is 2.89. The molecule has 1 N–H and O–H groups in total. The number of rotatable bonds is 2. The van der Waals surface area contributed by atoms with Gasteiger partial charge in [-0.1, -0.05) is 12.1 Å². The summed E-state index contributed by atoms with van der Waals surface area (Å²) < 4.78 is 23.7. The minimum atomic E-state index is -2.98. The van der Waals surface area contributed by atoms with E-state index in [4.69, 9.17) is 0 Å². The number of hydrogen-bond donors (Lipinski definition) is 1. The van der Waals surface area contributed by atoms with Gasteiger partial charge in [0.25, 0.3) is 0 Å². The van der Waals surface area contributed by atoms with Crippen LogP contribution in [0.3, 0.4) is 0 Å². The van der Waals surface area contributed by atoms with Gasteiger partial charge >= 0.3 is 0 Å². The number of aryl methyl sites for hydroxylation is 1. The molecular weight excluding hydrogens is 234 g/mol. The van der Waals surface area contributed by atoms with Gasteiger partial charge in [0.2, 0.25) is 0 Å². The highest BCUT2D eigenvalue weighted by atomic mass is 32.2. The van der Waals surface area contributed by atoms with Gasteiger partial charge in [-0.3, -0.25) is 0 Å². The van der Waals surface area contributed by atoms with E-state index < -0.39 is 9.84 Å². The van der Waals surface area contributed by atoms with Gasteiger partial charge in [0.05, 0.1) is 10.6 Å². The van der Waals surface area contributed by atoms with Crippen LogP contribution in [0.15, 0.2) is 23.1 Å². The zero-order valence-electron chi connectivity index (χ0n) is 9.78. The lowest BCUT2D eigenvalue weighted by molar-refractivity contribution is 0.578. The second-order valence-corrected chi connectivity index (χ2v) is 7.15. The Kier molecular flexibility index (Phi) is 2.71. The van der Waals surface area contributed by atoms with Crippen LogP contribution in [0, 0.1) is 5.92 Å². The van der Waals surface area contributed by atoms with Crippen molar-refractivity contribution in [3.63, 3.8) is 0 Å². The molecule has 1 saturated heterocycles. The summed E-state index contributed by atoms with van der Waals surface area (Å²) in [4.78, 5) is 0.584. The van der Waals surface area contributed by atoms with Crippen LogP contribution < -0.4 is 5.32 Å². The lowest BCUT2D eigenvalue weighted by atomic mass is 9.97. The molecule has 0 amide bonds. The van der Waals surface area contributed by atoms with Crippen LogP contribution in [0.25, 0.3) is 0 Å². The van der Waals surface area contributed by atoms with Crippen molar-refractivity contribution in [1.82, 2.24) is 5.32 Å². The molecule has 3 nitrogen and oxygen atoms in total. The number of fused-ring (bicyclic) bond motifs is 1. The maximum absolute atomic E-state index is 11.8. The number of sulfone groups is 1. The molecule has 2 aliphatic rings. The number of nitrogens with one attached hydrogen (secondary N) is 1. The van der Waals surface area contributed by atoms with Crippen LogP contribution in [-0.4, -0.2) is 27.3 Å². The van der Waals surface area contributed by atoms with E-state index in [9.17, 15) is 8.42 Å². The highest BCUT2D eigenvalue weighted by molar-refractivity contribution is 7.91. The third-order valence-corrected chi connectivity index (χ3v) is 5.59. The quantitative estimate of drug-likeness (QED) is 0.858. The molecule has 1 atom stereocenters. The molecule has 4 heteroatoms. The Morgan fingerprint density at radius 2 is 2.24 bits per heavy atom. The molecule has 0 saturated carbocycles. The lowest BCUT2D eigenvalue weighted by Crippen LogP contribution is -2.11. The molecule has 92 valence electrons. The van der Waals surface area contributed by atoms with Crippen molar-refractivity contribution >= 4 is 9.84 Å². The molecule has 1 fully saturated rings. The van der Waals surface area contributed by atoms with Crippen LogP contribution in [0.1, 0.15) is 17.5 Å². The predicted octanol–water partition coefficient (Wildman–Crippen LogP) is 1.17. The molecule has 0 spiro atoms. The van der Waals surface area contributed by atoms with E-state index >= 15 is 0 Å². The van der Waals surface area contributed by atoms with Gasteiger partial charge in [-0.15, -0.1) is 0 Å². The summed E-state index contributed by atoms with van der Waals surface area (Å²) in [5.74, 6) is 0.952. The van der Waals surface area contributed by atoms with E-state index in [1.165, 1.54) is 12.0 Å². The van der Waals surface area contributed by atoms with Crippen molar-refractivity contribution in [1.29, 1.82) is 0 Å². The first kappa shape index (κ1) is 11.2. The molecule has 1 aromatic rings. The molecule has 2 heterocycles. The van der Waals surface area contributed by atoms with Crippen molar-refractivity contribution in [3.05, 3.63) is 29.3 Å². The Balaban J connectivity index is 1.88. The van der Waals surface area contributed by atoms with E-state index in [-0.39, 0.29) is 5.75 Å². The summed E-state index contributed by atoms with van der Waals surface area (Å²) in [6.45, 7) is 2.15. The fourth-order valence-corrected chi connectivity index (χ4v) is 4.41. The maximum atomic E-state index is 11.8. The molecule has 3 rings (SSSR count). The van der Waals surface area contributed by atoms with Gasteiger partial charge in [0.1, 0.15) is 0 Å². The zero-order valence-corrected chi connectivity index (χ0v) is 10.6. The van der Waals surface area contributed by atoms with Crippen molar-refractivity contribution in [3.8, 4) is 0 Å². The monoisotopic (exact) mass is 251 g/mol. The minimum absolute atomic E-state index is 0.288. The van der Waals surface area contributed by atoms with Gasteiger partial charge in [0, 0.05) is 0 Å². The first-order valence-corrected chi connectivity index (χ1v) is 7.86. The van der Waals surface area contributed by atoms with Crippen LogP contribution in [0.4, 0.5) is 0 Å². The zero-order chi connectivity index (χ0) is 11.9. The Morgan fingerprint density at radius 1 is 1.35 bits per heavy atom. The van der Waals surface area contributed by atoms with Gasteiger partial charge in [-0.05, 0) is 55.5 Å². The summed E-state index contributed by atoms with van der Waals surface area (Å²) in [5.41, 5.74) is 2.17. The fraction of sp³-hybridized carbons (Fsp3) is 0.538. The number of benzene rings is 1. The normalized spacial score (nSPS) is 26.0. The van der Waals surface area contributed by atoms with E-state index in [1.807, 2.05) is 12.1 Å². The van der Waals surface area contributed by atoms with Crippen molar-refractivity contribution < 1.29 is 8.42 Å². The highest BCUT2D eigenvalue weighted by Crippen LogP contribution is 2.28. The summed E-state index contributed by atoms with van der Waals surface area (Å²) in [7, 11) is -2.98. The highest BCUT2D eigenvalue weighted by Gasteiger charge is 2.26. The van der Waals surface area contributed by atoms with Crippen LogP contribution in [0.2, 0.25) is 0 Å². The first-order chi connectivity index (χ1) is 8.15. The van der Waals surface area contributed by atoms with Crippen molar-refractivity contribution in [2.24, 2.45) is 5.92 Å². The van der Waals surface area contributed by atoms with Gasteiger partial charge in [-0.2, -0.15) is 0 Å². The third-order valence-electron chi connectivity index (χ3n) is 3.79. The Hall–Kier alpha value is -0.870. The molecule has 0 aromatic heterocycles. The van der Waals surface area contributed by atoms with Gasteiger partial charge in [0.15, 0.2) is 9.84 Å². The largest absolute Gasteiger partial charge is 0.316 e. The summed E-state index contributed by atoms with van der Waals surface area (Å²) >= 11 is 0. The van der Waals surface area contributed by atoms with Crippen LogP contribution >= 0.6 is 0 Å². The lowest BCUT2D eigenvalue weighted by Gasteiger charge is -2.09. The van der Waals surface area contributed by atoms with Gasteiger partial charge in [-0.25, -0.2) is 8.42 Å². The van der Waals surface area contributed by atoms with E-state index in [1.54, 1.807) is 0 Å². The fourth-order valence-electron chi connectivity index (χ4n) is 2.80. The van der Waals surface area contributed by atoms with Crippen LogP contribution in [0.5, 0.6) is 0 Å². The summed E-state index contributed by atoms with van der Waals surface area (Å²) in [5, 5.41) is 3.34. The summed E-state index contributed by atoms with van der Waals surface area (Å²) in [6, 6.07) is 5.99. The first-order valence-electron chi connectivity index (χ1n) is 6.20. The topological polar surface area (TPSA) is 46.2 Å². The summed E-state index contributed by atoms with van der Waals surface area (Å²) in [6.07, 6.45) is 2.88. The molecule has 1 aromatic carbocycles. The van der Waals surface area contributed by atoms with Crippen LogP contribution in [-0.2, 0) is 22.7 Å². The third kappa shape index (κ3) is 2.11. The van der Waals surface area contributed by atoms with E-state index in [2.05, 4.69) is 11.4 Å². The minimum Gasteiger partial charge on any atom is -0.316 e. The smallest absolute Gasteiger partial charge is 0.178 e. The predicted molar refractivity (Wildman–Crippen MR) is 66.9 cm³/mol. The van der Waals surface area contributed by atoms with Gasteiger partial charge < -0.3 is 5.32 Å². The van der Waals surface area contributed by atoms with Crippen molar-refractivity contribution in [2.75, 3.05) is 18.8 Å². The molecular formula is C13H17NO2S. The SMILES string of the molecule is O=S1(=O)CCc2ccc(CC3CCNC3)cc21. The number of hydrogen-bond acceptors (Lipinski definition) is 3. The average molecular weight is 251 g/mol. The van der Waals surface area contributed by atoms with E-state index in [0.29, 0.717) is 17.2 Å². The second-order valence-electron chi connectivity index (χ2n) is 5.07. The Morgan fingerprint density at radius 3 is 3.00 bits per heavy atom. The Bertz CT molecular complexity index is 530. The second kappa shape index (κ2) is 4.10. The standard InChI is InChI=1S/C13H17NO2S/c15-17(16)6-4-12-2-1-10(8-13(12)17)7-11-3-5-14-9-11/h1-2,8,11,14H,3-7,9H2. The molecule has 1 unspecified atom stereocenters. The molecule has 17 heavy (non-hydrogen) atoms. The Labute approximate surface area is 102 Å². The van der Waals surface area contributed by atoms with E-state index in [0.717, 1.165) is 25.1 Å². The molecule has 2 aliphatic heterocycles. The molecule has 0 bridgehead atoms. The molecule has 0 radical (unpaired) electrons. The molecule has 0 aliphatic carbocycles. The maximum Gasteiger partial charge on any atom is 0.178 e.